The number of hydrogen-bond acceptors (Lipinski definition) is 3. The van der Waals surface area contributed by atoms with Crippen LogP contribution >= 0.6 is 7.14 Å². The molecule has 186 valence electrons. The third kappa shape index (κ3) is 4.03. The van der Waals surface area contributed by atoms with Crippen molar-refractivity contribution in [3.05, 3.63) is 133 Å². The normalized spacial score (nSPS) is 15.5. The highest BCUT2D eigenvalue weighted by atomic mass is 31.2. The van der Waals surface area contributed by atoms with Gasteiger partial charge in [0.1, 0.15) is 7.14 Å². The first kappa shape index (κ1) is 23.5. The highest BCUT2D eigenvalue weighted by Crippen LogP contribution is 2.52. The van der Waals surface area contributed by atoms with Crippen LogP contribution in [0.5, 0.6) is 0 Å². The van der Waals surface area contributed by atoms with Crippen LogP contribution in [-0.2, 0) is 4.57 Å². The average molecular weight is 521 g/mol. The summed E-state index contributed by atoms with van der Waals surface area (Å²) >= 11 is 0. The lowest BCUT2D eigenvalue weighted by Gasteiger charge is -2.15. The predicted octanol–water partition coefficient (Wildman–Crippen LogP) is 8.07. The zero-order valence-electron chi connectivity index (χ0n) is 21.5. The molecule has 0 saturated carbocycles. The van der Waals surface area contributed by atoms with Crippen molar-refractivity contribution in [2.75, 3.05) is 6.66 Å². The van der Waals surface area contributed by atoms with Gasteiger partial charge < -0.3 is 4.57 Å². The smallest absolute Gasteiger partial charge is 0.160 e. The molecule has 0 radical (unpaired) electrons. The van der Waals surface area contributed by atoms with Gasteiger partial charge in [-0.05, 0) is 41.1 Å². The Kier molecular flexibility index (Phi) is 5.61. The Morgan fingerprint density at radius 2 is 1.03 bits per heavy atom. The maximum absolute atomic E-state index is 14.2. The van der Waals surface area contributed by atoms with Crippen molar-refractivity contribution in [3.63, 3.8) is 0 Å². The van der Waals surface area contributed by atoms with E-state index in [0.29, 0.717) is 5.82 Å². The third-order valence-corrected chi connectivity index (χ3v) is 10.1. The summed E-state index contributed by atoms with van der Waals surface area (Å²) in [4.78, 5) is 9.92. The van der Waals surface area contributed by atoms with E-state index in [4.69, 9.17) is 9.97 Å². The van der Waals surface area contributed by atoms with Crippen molar-refractivity contribution in [2.24, 2.45) is 0 Å². The van der Waals surface area contributed by atoms with Crippen LogP contribution in [0.15, 0.2) is 133 Å². The van der Waals surface area contributed by atoms with Crippen molar-refractivity contribution in [3.8, 4) is 56.2 Å². The Morgan fingerprint density at radius 1 is 0.487 bits per heavy atom. The molecule has 2 heterocycles. The maximum atomic E-state index is 14.2. The van der Waals surface area contributed by atoms with Gasteiger partial charge in [0.2, 0.25) is 0 Å². The van der Waals surface area contributed by atoms with Crippen LogP contribution in [0.1, 0.15) is 0 Å². The Morgan fingerprint density at radius 3 is 1.79 bits per heavy atom. The van der Waals surface area contributed by atoms with E-state index >= 15 is 0 Å². The summed E-state index contributed by atoms with van der Waals surface area (Å²) in [6, 6.07) is 45.0. The maximum Gasteiger partial charge on any atom is 0.160 e. The number of benzene rings is 5. The van der Waals surface area contributed by atoms with Crippen molar-refractivity contribution in [1.82, 2.24) is 9.97 Å². The number of rotatable bonds is 4. The molecule has 0 spiro atoms. The molecule has 5 aromatic carbocycles. The van der Waals surface area contributed by atoms with E-state index in [1.165, 1.54) is 0 Å². The predicted molar refractivity (Wildman–Crippen MR) is 162 cm³/mol. The molecule has 3 nitrogen and oxygen atoms in total. The van der Waals surface area contributed by atoms with Gasteiger partial charge in [0.05, 0.1) is 11.4 Å². The number of nitrogens with zero attached hydrogens (tertiary/aromatic N) is 2. The first-order valence-electron chi connectivity index (χ1n) is 13.0. The van der Waals surface area contributed by atoms with Gasteiger partial charge in [-0.25, -0.2) is 9.97 Å². The van der Waals surface area contributed by atoms with Gasteiger partial charge in [0, 0.05) is 27.3 Å². The lowest BCUT2D eigenvalue weighted by Crippen LogP contribution is -2.11. The molecular weight excluding hydrogens is 495 g/mol. The fraction of sp³-hybridized carbons (Fsp3) is 0.0286. The van der Waals surface area contributed by atoms with Crippen molar-refractivity contribution < 1.29 is 4.57 Å². The standard InChI is InChI=1S/C35H25N2OP/c1-39(38)33-21-9-8-18-29(33)30-20-11-19-28(34(30)39)26-16-10-17-27(22-26)32-23-31(24-12-4-2-5-13-24)36-35(37-32)25-14-6-3-7-15-25/h2-23H,1H3. The zero-order chi connectivity index (χ0) is 26.4. The van der Waals surface area contributed by atoms with E-state index < -0.39 is 7.14 Å². The van der Waals surface area contributed by atoms with E-state index in [0.717, 1.165) is 60.9 Å². The van der Waals surface area contributed by atoms with Crippen LogP contribution in [0, 0.1) is 0 Å². The van der Waals surface area contributed by atoms with Gasteiger partial charge in [-0.3, -0.25) is 0 Å². The van der Waals surface area contributed by atoms with Crippen molar-refractivity contribution in [1.29, 1.82) is 0 Å². The van der Waals surface area contributed by atoms with Gasteiger partial charge in [-0.1, -0.05) is 121 Å². The summed E-state index contributed by atoms with van der Waals surface area (Å²) in [7, 11) is -2.73. The van der Waals surface area contributed by atoms with Crippen LogP contribution in [0.4, 0.5) is 0 Å². The Labute approximate surface area is 228 Å². The quantitative estimate of drug-likeness (QED) is 0.221. The van der Waals surface area contributed by atoms with Crippen LogP contribution in [0.3, 0.4) is 0 Å². The minimum Gasteiger partial charge on any atom is -0.314 e. The number of fused-ring (bicyclic) bond motifs is 3. The molecule has 1 atom stereocenters. The zero-order valence-corrected chi connectivity index (χ0v) is 22.3. The molecule has 7 rings (SSSR count). The molecular formula is C35H25N2OP. The van der Waals surface area contributed by atoms with E-state index in [1.807, 2.05) is 73.4 Å². The molecule has 1 unspecified atom stereocenters. The van der Waals surface area contributed by atoms with E-state index in [1.54, 1.807) is 0 Å². The second kappa shape index (κ2) is 9.31. The first-order valence-corrected chi connectivity index (χ1v) is 15.2. The minimum absolute atomic E-state index is 0.687. The monoisotopic (exact) mass is 520 g/mol. The van der Waals surface area contributed by atoms with Crippen LogP contribution in [-0.4, -0.2) is 16.6 Å². The molecule has 1 aliphatic heterocycles. The fourth-order valence-electron chi connectivity index (χ4n) is 5.56. The summed E-state index contributed by atoms with van der Waals surface area (Å²) in [6.07, 6.45) is 0. The summed E-state index contributed by atoms with van der Waals surface area (Å²) in [5.74, 6) is 0.687. The Hall–Kier alpha value is -4.59. The summed E-state index contributed by atoms with van der Waals surface area (Å²) in [6.45, 7) is 1.90. The molecule has 6 aromatic rings. The second-order valence-corrected chi connectivity index (χ2v) is 12.7. The number of aromatic nitrogens is 2. The molecule has 0 N–H and O–H groups in total. The summed E-state index contributed by atoms with van der Waals surface area (Å²) in [5, 5.41) is 1.89. The molecule has 0 saturated heterocycles. The Bertz CT molecular complexity index is 1840. The molecule has 0 fully saturated rings. The van der Waals surface area contributed by atoms with E-state index in [2.05, 4.69) is 66.7 Å². The van der Waals surface area contributed by atoms with Gasteiger partial charge in [-0.2, -0.15) is 0 Å². The van der Waals surface area contributed by atoms with Gasteiger partial charge in [0.15, 0.2) is 5.82 Å². The SMILES string of the molecule is CP1(=O)c2ccccc2-c2cccc(-c3cccc(-c4cc(-c5ccccc5)nc(-c5ccccc5)n4)c3)c21. The second-order valence-electron chi connectivity index (χ2n) is 9.92. The summed E-state index contributed by atoms with van der Waals surface area (Å²) in [5.41, 5.74) is 8.91. The summed E-state index contributed by atoms with van der Waals surface area (Å²) < 4.78 is 14.2. The Balaban J connectivity index is 1.39. The van der Waals surface area contributed by atoms with Crippen LogP contribution in [0.2, 0.25) is 0 Å². The molecule has 39 heavy (non-hydrogen) atoms. The van der Waals surface area contributed by atoms with Crippen LogP contribution in [0.25, 0.3) is 56.2 Å². The topological polar surface area (TPSA) is 42.9 Å². The molecule has 1 aromatic heterocycles. The van der Waals surface area contributed by atoms with Crippen molar-refractivity contribution >= 4 is 17.8 Å². The highest BCUT2D eigenvalue weighted by Gasteiger charge is 2.36. The molecule has 0 amide bonds. The fourth-order valence-corrected chi connectivity index (χ4v) is 8.15. The molecule has 0 aliphatic carbocycles. The average Bonchev–Trinajstić information content (AvgIpc) is 3.24. The lowest BCUT2D eigenvalue weighted by molar-refractivity contribution is 0.591. The molecule has 4 heteroatoms. The van der Waals surface area contributed by atoms with E-state index in [9.17, 15) is 4.57 Å². The third-order valence-electron chi connectivity index (χ3n) is 7.41. The molecule has 1 aliphatic rings. The van der Waals surface area contributed by atoms with Gasteiger partial charge in [-0.15, -0.1) is 0 Å². The van der Waals surface area contributed by atoms with Gasteiger partial charge in [0.25, 0.3) is 0 Å². The lowest BCUT2D eigenvalue weighted by atomic mass is 9.97. The van der Waals surface area contributed by atoms with Gasteiger partial charge >= 0.3 is 0 Å². The highest BCUT2D eigenvalue weighted by molar-refractivity contribution is 7.79. The first-order chi connectivity index (χ1) is 19.1. The van der Waals surface area contributed by atoms with Crippen molar-refractivity contribution in [2.45, 2.75) is 0 Å². The number of hydrogen-bond donors (Lipinski definition) is 0. The largest absolute Gasteiger partial charge is 0.314 e. The van der Waals surface area contributed by atoms with E-state index in [-0.39, 0.29) is 0 Å². The van der Waals surface area contributed by atoms with Crippen LogP contribution < -0.4 is 10.6 Å². The molecule has 0 bridgehead atoms. The minimum atomic E-state index is -2.73.